The Morgan fingerprint density at radius 3 is 2.44 bits per heavy atom. The number of nitrogens with one attached hydrogen (secondary N) is 2. The largest absolute Gasteiger partial charge is 0.379 e. The van der Waals surface area contributed by atoms with E-state index in [0.717, 1.165) is 22.2 Å². The number of ether oxygens (including phenoxy) is 1. The summed E-state index contributed by atoms with van der Waals surface area (Å²) >= 11 is 1.29. The standard InChI is InChI=1S/C29H28N6O4S2/c1-20(28(36)31-21-11-13-23(14-12-21)41(37,38)34-15-17-39-18-16-34)40-29-33-32-27(35(29)22-7-3-2-4-8-22)25-19-30-26-10-6-5-9-24(25)26/h2-14,19-20,30H,15-18H2,1H3,(H,31,36)/t20-/m0/s1. The van der Waals surface area contributed by atoms with Crippen LogP contribution in [0.4, 0.5) is 5.69 Å². The summed E-state index contributed by atoms with van der Waals surface area (Å²) in [5.74, 6) is 0.427. The number of aromatic nitrogens is 4. The van der Waals surface area contributed by atoms with Gasteiger partial charge in [-0.25, -0.2) is 8.42 Å². The lowest BCUT2D eigenvalue weighted by Gasteiger charge is -2.26. The van der Waals surface area contributed by atoms with Gasteiger partial charge in [0.15, 0.2) is 11.0 Å². The predicted octanol–water partition coefficient (Wildman–Crippen LogP) is 4.56. The fourth-order valence-corrected chi connectivity index (χ4v) is 6.96. The molecule has 0 radical (unpaired) electrons. The normalized spacial score (nSPS) is 15.1. The molecule has 6 rings (SSSR count). The van der Waals surface area contributed by atoms with Gasteiger partial charge in [-0.3, -0.25) is 9.36 Å². The van der Waals surface area contributed by atoms with Crippen LogP contribution in [0, 0.1) is 0 Å². The molecule has 1 aliphatic heterocycles. The second kappa shape index (κ2) is 11.5. The number of anilines is 1. The maximum atomic E-state index is 13.2. The van der Waals surface area contributed by atoms with E-state index in [1.165, 1.54) is 28.2 Å². The van der Waals surface area contributed by atoms with Gasteiger partial charge in [-0.1, -0.05) is 48.2 Å². The highest BCUT2D eigenvalue weighted by Crippen LogP contribution is 2.34. The number of fused-ring (bicyclic) bond motifs is 1. The van der Waals surface area contributed by atoms with Crippen molar-refractivity contribution in [1.82, 2.24) is 24.1 Å². The second-order valence-corrected chi connectivity index (χ2v) is 12.8. The number of morpholine rings is 1. The van der Waals surface area contributed by atoms with Crippen molar-refractivity contribution in [2.24, 2.45) is 0 Å². The number of nitrogens with zero attached hydrogens (tertiary/aromatic N) is 4. The van der Waals surface area contributed by atoms with Crippen LogP contribution in [0.3, 0.4) is 0 Å². The van der Waals surface area contributed by atoms with E-state index >= 15 is 0 Å². The molecule has 2 aromatic heterocycles. The minimum Gasteiger partial charge on any atom is -0.379 e. The summed E-state index contributed by atoms with van der Waals surface area (Å²) in [4.78, 5) is 16.6. The van der Waals surface area contributed by atoms with Gasteiger partial charge in [0.2, 0.25) is 15.9 Å². The molecule has 1 aliphatic rings. The fraction of sp³-hybridized carbons (Fsp3) is 0.207. The Hall–Kier alpha value is -3.97. The zero-order chi connectivity index (χ0) is 28.4. The van der Waals surface area contributed by atoms with Gasteiger partial charge >= 0.3 is 0 Å². The number of carbonyl (C=O) groups excluding carboxylic acids is 1. The van der Waals surface area contributed by atoms with Gasteiger partial charge < -0.3 is 15.0 Å². The van der Waals surface area contributed by atoms with Crippen LogP contribution in [0.2, 0.25) is 0 Å². The summed E-state index contributed by atoms with van der Waals surface area (Å²) in [6.45, 7) is 3.21. The van der Waals surface area contributed by atoms with E-state index in [0.29, 0.717) is 43.0 Å². The highest BCUT2D eigenvalue weighted by molar-refractivity contribution is 8.00. The van der Waals surface area contributed by atoms with E-state index in [9.17, 15) is 13.2 Å². The third kappa shape index (κ3) is 5.51. The summed E-state index contributed by atoms with van der Waals surface area (Å²) in [7, 11) is -3.61. The van der Waals surface area contributed by atoms with Crippen molar-refractivity contribution in [3.63, 3.8) is 0 Å². The first-order valence-electron chi connectivity index (χ1n) is 13.1. The molecule has 0 bridgehead atoms. The lowest BCUT2D eigenvalue weighted by Crippen LogP contribution is -2.40. The van der Waals surface area contributed by atoms with Crippen molar-refractivity contribution in [1.29, 1.82) is 0 Å². The minimum absolute atomic E-state index is 0.181. The van der Waals surface area contributed by atoms with E-state index in [1.54, 1.807) is 19.1 Å². The van der Waals surface area contributed by atoms with Crippen molar-refractivity contribution in [3.8, 4) is 17.1 Å². The molecule has 0 saturated carbocycles. The number of amides is 1. The number of benzene rings is 3. The molecule has 0 spiro atoms. The summed E-state index contributed by atoms with van der Waals surface area (Å²) in [5, 5.41) is 13.0. The van der Waals surface area contributed by atoms with Crippen LogP contribution in [0.1, 0.15) is 6.92 Å². The van der Waals surface area contributed by atoms with E-state index in [1.807, 2.05) is 65.4 Å². The predicted molar refractivity (Wildman–Crippen MR) is 159 cm³/mol. The van der Waals surface area contributed by atoms with Crippen LogP contribution in [-0.4, -0.2) is 69.9 Å². The number of sulfonamides is 1. The van der Waals surface area contributed by atoms with Gasteiger partial charge in [-0.05, 0) is 49.4 Å². The molecule has 1 fully saturated rings. The SMILES string of the molecule is C[C@H](Sc1nnc(-c2c[nH]c3ccccc23)n1-c1ccccc1)C(=O)Nc1ccc(S(=O)(=O)N2CCOCC2)cc1. The van der Waals surface area contributed by atoms with Crippen LogP contribution in [-0.2, 0) is 19.6 Å². The molecular weight excluding hydrogens is 560 g/mol. The highest BCUT2D eigenvalue weighted by atomic mass is 32.2. The quantitative estimate of drug-likeness (QED) is 0.255. The van der Waals surface area contributed by atoms with Gasteiger partial charge in [0.25, 0.3) is 0 Å². The molecule has 12 heteroatoms. The summed E-state index contributed by atoms with van der Waals surface area (Å²) in [6.07, 6.45) is 1.92. The number of hydrogen-bond acceptors (Lipinski definition) is 7. The van der Waals surface area contributed by atoms with Crippen molar-refractivity contribution in [3.05, 3.63) is 85.1 Å². The number of hydrogen-bond donors (Lipinski definition) is 2. The molecule has 3 aromatic carbocycles. The van der Waals surface area contributed by atoms with Crippen LogP contribution in [0.15, 0.2) is 95.1 Å². The van der Waals surface area contributed by atoms with E-state index in [2.05, 4.69) is 20.5 Å². The molecule has 1 saturated heterocycles. The van der Waals surface area contributed by atoms with Crippen molar-refractivity contribution >= 4 is 44.3 Å². The Bertz CT molecular complexity index is 1780. The molecule has 10 nitrogen and oxygen atoms in total. The molecule has 0 unspecified atom stereocenters. The van der Waals surface area contributed by atoms with E-state index in [4.69, 9.17) is 4.74 Å². The fourth-order valence-electron chi connectivity index (χ4n) is 4.69. The summed E-state index contributed by atoms with van der Waals surface area (Å²) in [6, 6.07) is 24.0. The maximum absolute atomic E-state index is 13.2. The zero-order valence-electron chi connectivity index (χ0n) is 22.2. The number of rotatable bonds is 8. The number of H-pyrrole nitrogens is 1. The molecule has 1 atom stereocenters. The zero-order valence-corrected chi connectivity index (χ0v) is 23.9. The van der Waals surface area contributed by atoms with Crippen molar-refractivity contribution in [2.45, 2.75) is 22.2 Å². The Morgan fingerprint density at radius 2 is 1.68 bits per heavy atom. The topological polar surface area (TPSA) is 122 Å². The molecule has 3 heterocycles. The van der Waals surface area contributed by atoms with Gasteiger partial charge in [0.05, 0.1) is 23.4 Å². The Labute approximate surface area is 241 Å². The first kappa shape index (κ1) is 27.2. The Morgan fingerprint density at radius 1 is 0.976 bits per heavy atom. The number of aromatic amines is 1. The molecule has 41 heavy (non-hydrogen) atoms. The van der Waals surface area contributed by atoms with Crippen LogP contribution in [0.5, 0.6) is 0 Å². The molecule has 210 valence electrons. The lowest BCUT2D eigenvalue weighted by molar-refractivity contribution is -0.115. The second-order valence-electron chi connectivity index (χ2n) is 9.52. The number of carbonyl (C=O) groups is 1. The number of para-hydroxylation sites is 2. The van der Waals surface area contributed by atoms with E-state index < -0.39 is 15.3 Å². The van der Waals surface area contributed by atoms with Crippen molar-refractivity contribution in [2.75, 3.05) is 31.6 Å². The summed E-state index contributed by atoms with van der Waals surface area (Å²) < 4.78 is 34.4. The lowest BCUT2D eigenvalue weighted by atomic mass is 10.1. The monoisotopic (exact) mass is 588 g/mol. The van der Waals surface area contributed by atoms with Gasteiger partial charge in [-0.2, -0.15) is 4.31 Å². The third-order valence-corrected chi connectivity index (χ3v) is 9.81. The van der Waals surface area contributed by atoms with Crippen LogP contribution in [0.25, 0.3) is 28.0 Å². The average Bonchev–Trinajstić information content (AvgIpc) is 3.62. The smallest absolute Gasteiger partial charge is 0.243 e. The third-order valence-electron chi connectivity index (χ3n) is 6.86. The first-order chi connectivity index (χ1) is 19.9. The highest BCUT2D eigenvalue weighted by Gasteiger charge is 2.27. The van der Waals surface area contributed by atoms with Crippen LogP contribution >= 0.6 is 11.8 Å². The van der Waals surface area contributed by atoms with Gasteiger partial charge in [0, 0.05) is 47.1 Å². The van der Waals surface area contributed by atoms with Crippen molar-refractivity contribution < 1.29 is 17.9 Å². The van der Waals surface area contributed by atoms with Gasteiger partial charge in [0.1, 0.15) is 0 Å². The Kier molecular flexibility index (Phi) is 7.63. The molecule has 0 aliphatic carbocycles. The maximum Gasteiger partial charge on any atom is 0.243 e. The molecule has 5 aromatic rings. The first-order valence-corrected chi connectivity index (χ1v) is 15.5. The minimum atomic E-state index is -3.61. The number of thioether (sulfide) groups is 1. The molecular formula is C29H28N6O4S2. The summed E-state index contributed by atoms with van der Waals surface area (Å²) in [5.41, 5.74) is 3.29. The van der Waals surface area contributed by atoms with Crippen LogP contribution < -0.4 is 5.32 Å². The average molecular weight is 589 g/mol. The molecule has 2 N–H and O–H groups in total. The van der Waals surface area contributed by atoms with Gasteiger partial charge in [-0.15, -0.1) is 10.2 Å². The van der Waals surface area contributed by atoms with E-state index in [-0.39, 0.29) is 10.8 Å². The molecule has 1 amide bonds. The Balaban J connectivity index is 1.21.